The molecule has 1 unspecified atom stereocenters. The van der Waals surface area contributed by atoms with Crippen molar-refractivity contribution in [1.82, 2.24) is 4.90 Å². The van der Waals surface area contributed by atoms with Crippen LogP contribution in [0, 0.1) is 5.41 Å². The van der Waals surface area contributed by atoms with Crippen LogP contribution in [0.1, 0.15) is 29.3 Å². The molecule has 1 aromatic carbocycles. The molecule has 1 aromatic rings. The normalized spacial score (nSPS) is 22.4. The molecule has 0 saturated carbocycles. The molecular weight excluding hydrogens is 287 g/mol. The number of hydrogen-bond acceptors (Lipinski definition) is 2. The molecule has 1 aliphatic heterocycles. The Labute approximate surface area is 119 Å². The highest BCUT2D eigenvalue weighted by Crippen LogP contribution is 2.32. The van der Waals surface area contributed by atoms with Gasteiger partial charge in [0.05, 0.1) is 11.0 Å². The first-order chi connectivity index (χ1) is 9.63. The summed E-state index contributed by atoms with van der Waals surface area (Å²) in [6.07, 6.45) is -4.12. The first-order valence-electron chi connectivity index (χ1n) is 6.33. The van der Waals surface area contributed by atoms with Crippen LogP contribution >= 0.6 is 0 Å². The topological polar surface area (TPSA) is 57.6 Å². The van der Waals surface area contributed by atoms with E-state index in [1.54, 1.807) is 6.92 Å². The van der Waals surface area contributed by atoms with Gasteiger partial charge >= 0.3 is 12.1 Å². The van der Waals surface area contributed by atoms with Crippen molar-refractivity contribution in [2.75, 3.05) is 13.1 Å². The van der Waals surface area contributed by atoms with Crippen molar-refractivity contribution in [3.05, 3.63) is 35.4 Å². The third-order valence-corrected chi connectivity index (χ3v) is 3.74. The van der Waals surface area contributed by atoms with E-state index in [4.69, 9.17) is 5.11 Å². The lowest BCUT2D eigenvalue weighted by atomic mass is 9.90. The lowest BCUT2D eigenvalue weighted by Crippen LogP contribution is -2.34. The van der Waals surface area contributed by atoms with E-state index in [1.807, 2.05) is 0 Å². The van der Waals surface area contributed by atoms with Crippen LogP contribution in [0.3, 0.4) is 0 Å². The van der Waals surface area contributed by atoms with Crippen LogP contribution in [-0.2, 0) is 11.0 Å². The summed E-state index contributed by atoms with van der Waals surface area (Å²) >= 11 is 0. The largest absolute Gasteiger partial charge is 0.481 e. The van der Waals surface area contributed by atoms with Crippen LogP contribution in [0.4, 0.5) is 13.2 Å². The number of aliphatic carboxylic acids is 1. The van der Waals surface area contributed by atoms with Crippen LogP contribution in [0.5, 0.6) is 0 Å². The fourth-order valence-corrected chi connectivity index (χ4v) is 2.29. The smallest absolute Gasteiger partial charge is 0.416 e. The zero-order valence-electron chi connectivity index (χ0n) is 11.3. The number of benzene rings is 1. The number of carboxylic acid groups (broad SMARTS) is 1. The van der Waals surface area contributed by atoms with E-state index in [1.165, 1.54) is 4.90 Å². The Morgan fingerprint density at radius 1 is 1.24 bits per heavy atom. The van der Waals surface area contributed by atoms with Crippen LogP contribution < -0.4 is 0 Å². The average molecular weight is 301 g/mol. The minimum Gasteiger partial charge on any atom is -0.481 e. The van der Waals surface area contributed by atoms with Gasteiger partial charge in [-0.1, -0.05) is 0 Å². The Morgan fingerprint density at radius 2 is 1.81 bits per heavy atom. The van der Waals surface area contributed by atoms with Gasteiger partial charge in [0, 0.05) is 18.7 Å². The first kappa shape index (κ1) is 15.3. The number of halogens is 3. The lowest BCUT2D eigenvalue weighted by molar-refractivity contribution is -0.147. The van der Waals surface area contributed by atoms with Crippen LogP contribution in [0.25, 0.3) is 0 Å². The molecule has 1 amide bonds. The van der Waals surface area contributed by atoms with Crippen molar-refractivity contribution in [3.63, 3.8) is 0 Å². The molecule has 1 saturated heterocycles. The zero-order valence-corrected chi connectivity index (χ0v) is 11.3. The Hall–Kier alpha value is -2.05. The van der Waals surface area contributed by atoms with Crippen molar-refractivity contribution in [3.8, 4) is 0 Å². The van der Waals surface area contributed by atoms with E-state index in [9.17, 15) is 22.8 Å². The third kappa shape index (κ3) is 3.01. The third-order valence-electron chi connectivity index (χ3n) is 3.74. The van der Waals surface area contributed by atoms with E-state index in [0.29, 0.717) is 6.42 Å². The molecule has 1 heterocycles. The second-order valence-electron chi connectivity index (χ2n) is 5.42. The molecule has 0 spiro atoms. The number of nitrogens with zero attached hydrogens (tertiary/aromatic N) is 1. The minimum absolute atomic E-state index is 0.0577. The number of hydrogen-bond donors (Lipinski definition) is 1. The van der Waals surface area contributed by atoms with Crippen molar-refractivity contribution in [2.45, 2.75) is 19.5 Å². The molecule has 1 N–H and O–H groups in total. The van der Waals surface area contributed by atoms with Gasteiger partial charge in [-0.3, -0.25) is 9.59 Å². The maximum atomic E-state index is 12.5. The van der Waals surface area contributed by atoms with Gasteiger partial charge in [-0.05, 0) is 37.6 Å². The van der Waals surface area contributed by atoms with Crippen molar-refractivity contribution >= 4 is 11.9 Å². The Bertz CT molecular complexity index is 568. The summed E-state index contributed by atoms with van der Waals surface area (Å²) in [5.74, 6) is -1.43. The van der Waals surface area contributed by atoms with Gasteiger partial charge in [-0.2, -0.15) is 13.2 Å². The minimum atomic E-state index is -4.45. The number of carbonyl (C=O) groups excluding carboxylic acids is 1. The van der Waals surface area contributed by atoms with Gasteiger partial charge < -0.3 is 10.0 Å². The molecule has 2 rings (SSSR count). The fraction of sp³-hybridized carbons (Fsp3) is 0.429. The summed E-state index contributed by atoms with van der Waals surface area (Å²) in [5.41, 5.74) is -1.70. The molecule has 7 heteroatoms. The predicted octanol–water partition coefficient (Wildman–Crippen LogP) is 2.64. The average Bonchev–Trinajstić information content (AvgIpc) is 2.81. The molecule has 4 nitrogen and oxygen atoms in total. The van der Waals surface area contributed by atoms with Gasteiger partial charge in [0.25, 0.3) is 5.91 Å². The van der Waals surface area contributed by atoms with Crippen LogP contribution in [0.2, 0.25) is 0 Å². The first-order valence-corrected chi connectivity index (χ1v) is 6.33. The van der Waals surface area contributed by atoms with Crippen molar-refractivity contribution in [1.29, 1.82) is 0 Å². The van der Waals surface area contributed by atoms with Gasteiger partial charge in [-0.25, -0.2) is 0 Å². The quantitative estimate of drug-likeness (QED) is 0.913. The number of carboxylic acids is 1. The maximum absolute atomic E-state index is 12.5. The van der Waals surface area contributed by atoms with Crippen LogP contribution in [-0.4, -0.2) is 35.0 Å². The molecule has 0 radical (unpaired) electrons. The van der Waals surface area contributed by atoms with Gasteiger partial charge in [0.15, 0.2) is 0 Å². The number of carbonyl (C=O) groups is 2. The maximum Gasteiger partial charge on any atom is 0.416 e. The predicted molar refractivity (Wildman–Crippen MR) is 67.7 cm³/mol. The number of likely N-dealkylation sites (tertiary alicyclic amines) is 1. The van der Waals surface area contributed by atoms with E-state index in [2.05, 4.69) is 0 Å². The Kier molecular flexibility index (Phi) is 3.69. The van der Waals surface area contributed by atoms with Crippen molar-refractivity contribution < 1.29 is 27.9 Å². The molecule has 1 atom stereocenters. The van der Waals surface area contributed by atoms with Crippen LogP contribution in [0.15, 0.2) is 24.3 Å². The SMILES string of the molecule is CC1(C(=O)O)CCN(C(=O)c2ccc(C(F)(F)F)cc2)C1. The monoisotopic (exact) mass is 301 g/mol. The second-order valence-corrected chi connectivity index (χ2v) is 5.42. The van der Waals surface area contributed by atoms with E-state index >= 15 is 0 Å². The highest BCUT2D eigenvalue weighted by molar-refractivity contribution is 5.95. The summed E-state index contributed by atoms with van der Waals surface area (Å²) in [5, 5.41) is 9.11. The molecular formula is C14H14F3NO3. The van der Waals surface area contributed by atoms with E-state index < -0.39 is 29.0 Å². The molecule has 0 aliphatic carbocycles. The number of alkyl halides is 3. The number of rotatable bonds is 2. The van der Waals surface area contributed by atoms with Crippen molar-refractivity contribution in [2.24, 2.45) is 5.41 Å². The molecule has 1 aliphatic rings. The molecule has 114 valence electrons. The highest BCUT2D eigenvalue weighted by Gasteiger charge is 2.42. The summed E-state index contributed by atoms with van der Waals surface area (Å²) < 4.78 is 37.4. The van der Waals surface area contributed by atoms with E-state index in [0.717, 1.165) is 24.3 Å². The molecule has 0 aromatic heterocycles. The van der Waals surface area contributed by atoms with Gasteiger partial charge in [0.2, 0.25) is 0 Å². The Balaban J connectivity index is 2.13. The zero-order chi connectivity index (χ0) is 15.8. The molecule has 1 fully saturated rings. The number of amides is 1. The fourth-order valence-electron chi connectivity index (χ4n) is 2.29. The summed E-state index contributed by atoms with van der Waals surface area (Å²) in [4.78, 5) is 24.6. The highest BCUT2D eigenvalue weighted by atomic mass is 19.4. The summed E-state index contributed by atoms with van der Waals surface area (Å²) in [6.45, 7) is 1.89. The summed E-state index contributed by atoms with van der Waals surface area (Å²) in [6, 6.07) is 3.92. The van der Waals surface area contributed by atoms with Gasteiger partial charge in [-0.15, -0.1) is 0 Å². The molecule has 0 bridgehead atoms. The Morgan fingerprint density at radius 3 is 2.24 bits per heavy atom. The standard InChI is InChI=1S/C14H14F3NO3/c1-13(12(20)21)6-7-18(8-13)11(19)9-2-4-10(5-3-9)14(15,16)17/h2-5H,6-8H2,1H3,(H,20,21). The lowest BCUT2D eigenvalue weighted by Gasteiger charge is -2.20. The summed E-state index contributed by atoms with van der Waals surface area (Å²) in [7, 11) is 0. The van der Waals surface area contributed by atoms with Gasteiger partial charge in [0.1, 0.15) is 0 Å². The second kappa shape index (κ2) is 5.05. The van der Waals surface area contributed by atoms with E-state index in [-0.39, 0.29) is 18.7 Å². The molecule has 21 heavy (non-hydrogen) atoms.